The van der Waals surface area contributed by atoms with Gasteiger partial charge in [0.1, 0.15) is 23.9 Å². The van der Waals surface area contributed by atoms with E-state index in [1.54, 1.807) is 0 Å². The summed E-state index contributed by atoms with van der Waals surface area (Å²) in [5.41, 5.74) is 1.28. The van der Waals surface area contributed by atoms with Crippen LogP contribution in [0.3, 0.4) is 0 Å². The zero-order valence-corrected chi connectivity index (χ0v) is 12.5. The molecule has 0 unspecified atom stereocenters. The number of nitrogens with zero attached hydrogens (tertiary/aromatic N) is 1. The highest BCUT2D eigenvalue weighted by Gasteiger charge is 2.13. The van der Waals surface area contributed by atoms with Crippen LogP contribution < -0.4 is 0 Å². The topological polar surface area (TPSA) is 52.3 Å². The number of carbonyl (C=O) groups excluding carboxylic acids is 1. The van der Waals surface area contributed by atoms with E-state index in [1.807, 2.05) is 30.3 Å². The van der Waals surface area contributed by atoms with Crippen LogP contribution in [0.25, 0.3) is 11.3 Å². The minimum absolute atomic E-state index is 0.0853. The number of carbonyl (C=O) groups is 1. The number of hydrogen-bond donors (Lipinski definition) is 0. The lowest BCUT2D eigenvalue weighted by molar-refractivity contribution is -0.144. The molecular formula is C18H13F2NO3. The summed E-state index contributed by atoms with van der Waals surface area (Å²) in [6.45, 7) is -0.0853. The molecule has 0 fully saturated rings. The van der Waals surface area contributed by atoms with Gasteiger partial charge in [-0.1, -0.05) is 35.5 Å². The van der Waals surface area contributed by atoms with Crippen LogP contribution in [0, 0.1) is 11.6 Å². The van der Waals surface area contributed by atoms with Gasteiger partial charge in [0.2, 0.25) is 0 Å². The molecule has 0 radical (unpaired) electrons. The van der Waals surface area contributed by atoms with Gasteiger partial charge in [-0.15, -0.1) is 0 Å². The third-order valence-corrected chi connectivity index (χ3v) is 3.33. The molecule has 3 rings (SSSR count). The number of aromatic nitrogens is 1. The number of halogens is 2. The fourth-order valence-corrected chi connectivity index (χ4v) is 2.16. The Morgan fingerprint density at radius 1 is 1.08 bits per heavy atom. The largest absolute Gasteiger partial charge is 0.459 e. The van der Waals surface area contributed by atoms with Gasteiger partial charge in [-0.3, -0.25) is 4.79 Å². The van der Waals surface area contributed by atoms with Gasteiger partial charge in [0, 0.05) is 12.1 Å². The normalized spacial score (nSPS) is 10.6. The van der Waals surface area contributed by atoms with E-state index in [-0.39, 0.29) is 24.4 Å². The molecule has 2 aromatic carbocycles. The number of rotatable bonds is 5. The minimum atomic E-state index is -0.751. The van der Waals surface area contributed by atoms with Crippen molar-refractivity contribution in [3.63, 3.8) is 0 Å². The molecule has 24 heavy (non-hydrogen) atoms. The first kappa shape index (κ1) is 15.9. The van der Waals surface area contributed by atoms with E-state index in [0.29, 0.717) is 5.69 Å². The number of ether oxygens (including phenoxy) is 1. The molecule has 0 spiro atoms. The summed E-state index contributed by atoms with van der Waals surface area (Å²) in [5, 5.41) is 3.72. The van der Waals surface area contributed by atoms with Crippen LogP contribution in [0.2, 0.25) is 0 Å². The van der Waals surface area contributed by atoms with Gasteiger partial charge in [0.25, 0.3) is 0 Å². The van der Waals surface area contributed by atoms with E-state index < -0.39 is 17.6 Å². The lowest BCUT2D eigenvalue weighted by atomic mass is 10.1. The van der Waals surface area contributed by atoms with Crippen molar-refractivity contribution in [1.82, 2.24) is 5.16 Å². The fraction of sp³-hybridized carbons (Fsp3) is 0.111. The molecule has 0 bridgehead atoms. The van der Waals surface area contributed by atoms with Crippen molar-refractivity contribution in [3.05, 3.63) is 77.5 Å². The van der Waals surface area contributed by atoms with Crippen LogP contribution in [0.1, 0.15) is 11.3 Å². The molecule has 6 heteroatoms. The van der Waals surface area contributed by atoms with Crippen molar-refractivity contribution in [2.24, 2.45) is 0 Å². The Labute approximate surface area is 136 Å². The molecular weight excluding hydrogens is 316 g/mol. The Kier molecular flexibility index (Phi) is 4.65. The van der Waals surface area contributed by atoms with Crippen molar-refractivity contribution >= 4 is 5.97 Å². The van der Waals surface area contributed by atoms with E-state index in [9.17, 15) is 13.6 Å². The summed E-state index contributed by atoms with van der Waals surface area (Å²) in [7, 11) is 0. The summed E-state index contributed by atoms with van der Waals surface area (Å²) in [6, 6.07) is 13.8. The van der Waals surface area contributed by atoms with Crippen molar-refractivity contribution in [1.29, 1.82) is 0 Å². The molecule has 0 N–H and O–H groups in total. The molecule has 122 valence electrons. The molecule has 3 aromatic rings. The van der Waals surface area contributed by atoms with Crippen LogP contribution >= 0.6 is 0 Å². The molecule has 4 nitrogen and oxygen atoms in total. The van der Waals surface area contributed by atoms with Gasteiger partial charge in [0.15, 0.2) is 5.76 Å². The van der Waals surface area contributed by atoms with Crippen molar-refractivity contribution < 1.29 is 22.8 Å². The minimum Gasteiger partial charge on any atom is -0.459 e. The average molecular weight is 329 g/mol. The Morgan fingerprint density at radius 3 is 2.62 bits per heavy atom. The lowest BCUT2D eigenvalue weighted by Gasteiger charge is -2.02. The maximum Gasteiger partial charge on any atom is 0.310 e. The molecule has 0 aliphatic rings. The molecule has 0 aliphatic heterocycles. The maximum absolute atomic E-state index is 13.7. The molecule has 0 atom stereocenters. The number of hydrogen-bond acceptors (Lipinski definition) is 4. The zero-order chi connectivity index (χ0) is 16.9. The van der Waals surface area contributed by atoms with E-state index in [2.05, 4.69) is 5.16 Å². The van der Waals surface area contributed by atoms with Gasteiger partial charge < -0.3 is 9.26 Å². The summed E-state index contributed by atoms with van der Waals surface area (Å²) >= 11 is 0. The van der Waals surface area contributed by atoms with Crippen molar-refractivity contribution in [3.8, 4) is 11.3 Å². The first-order chi connectivity index (χ1) is 11.6. The second-order valence-electron chi connectivity index (χ2n) is 5.13. The highest BCUT2D eigenvalue weighted by Crippen LogP contribution is 2.24. The Balaban J connectivity index is 1.61. The smallest absolute Gasteiger partial charge is 0.310 e. The van der Waals surface area contributed by atoms with Gasteiger partial charge in [-0.05, 0) is 17.7 Å². The zero-order valence-electron chi connectivity index (χ0n) is 12.5. The van der Waals surface area contributed by atoms with E-state index >= 15 is 0 Å². The molecule has 0 amide bonds. The Hall–Kier alpha value is -3.02. The van der Waals surface area contributed by atoms with E-state index in [1.165, 1.54) is 12.1 Å². The second kappa shape index (κ2) is 7.04. The SMILES string of the molecule is O=C(Cc1ccccc1)OCc1cc(-c2ccc(F)cc2F)on1. The average Bonchev–Trinajstić information content (AvgIpc) is 3.02. The van der Waals surface area contributed by atoms with Gasteiger partial charge in [-0.25, -0.2) is 8.78 Å². The standard InChI is InChI=1S/C18H13F2NO3/c19-13-6-7-15(16(20)9-13)17-10-14(21-24-17)11-23-18(22)8-12-4-2-1-3-5-12/h1-7,9-10H,8,11H2. The summed E-state index contributed by atoms with van der Waals surface area (Å²) in [4.78, 5) is 11.8. The molecule has 0 saturated carbocycles. The molecule has 0 saturated heterocycles. The van der Waals surface area contributed by atoms with Gasteiger partial charge in [-0.2, -0.15) is 0 Å². The lowest BCUT2D eigenvalue weighted by Crippen LogP contribution is -2.07. The van der Waals surface area contributed by atoms with Crippen LogP contribution in [-0.4, -0.2) is 11.1 Å². The van der Waals surface area contributed by atoms with Crippen LogP contribution in [-0.2, 0) is 22.6 Å². The van der Waals surface area contributed by atoms with E-state index in [4.69, 9.17) is 9.26 Å². The monoisotopic (exact) mass is 329 g/mol. The predicted molar refractivity (Wildman–Crippen MR) is 81.8 cm³/mol. The van der Waals surface area contributed by atoms with Crippen LogP contribution in [0.4, 0.5) is 8.78 Å². The van der Waals surface area contributed by atoms with Gasteiger partial charge in [0.05, 0.1) is 12.0 Å². The highest BCUT2D eigenvalue weighted by atomic mass is 19.1. The van der Waals surface area contributed by atoms with Crippen LogP contribution in [0.15, 0.2) is 59.1 Å². The summed E-state index contributed by atoms with van der Waals surface area (Å²) in [5.74, 6) is -1.69. The second-order valence-corrected chi connectivity index (χ2v) is 5.13. The Bertz CT molecular complexity index is 846. The number of esters is 1. The van der Waals surface area contributed by atoms with Crippen LogP contribution in [0.5, 0.6) is 0 Å². The molecule has 1 aromatic heterocycles. The van der Waals surface area contributed by atoms with Crippen molar-refractivity contribution in [2.75, 3.05) is 0 Å². The summed E-state index contributed by atoms with van der Waals surface area (Å²) < 4.78 is 36.7. The number of benzene rings is 2. The summed E-state index contributed by atoms with van der Waals surface area (Å²) in [6.07, 6.45) is 0.151. The quantitative estimate of drug-likeness (QED) is 0.666. The molecule has 0 aliphatic carbocycles. The first-order valence-electron chi connectivity index (χ1n) is 7.22. The Morgan fingerprint density at radius 2 is 1.88 bits per heavy atom. The maximum atomic E-state index is 13.7. The third kappa shape index (κ3) is 3.84. The van der Waals surface area contributed by atoms with E-state index in [0.717, 1.165) is 17.7 Å². The highest BCUT2D eigenvalue weighted by molar-refractivity contribution is 5.72. The van der Waals surface area contributed by atoms with Crippen molar-refractivity contribution in [2.45, 2.75) is 13.0 Å². The predicted octanol–water partition coefficient (Wildman–Crippen LogP) is 3.91. The third-order valence-electron chi connectivity index (χ3n) is 3.33. The van der Waals surface area contributed by atoms with Gasteiger partial charge >= 0.3 is 5.97 Å². The molecule has 1 heterocycles. The fourth-order valence-electron chi connectivity index (χ4n) is 2.16. The first-order valence-corrected chi connectivity index (χ1v) is 7.22.